The highest BCUT2D eigenvalue weighted by Gasteiger charge is 2.19. The van der Waals surface area contributed by atoms with E-state index in [1.54, 1.807) is 11.3 Å². The van der Waals surface area contributed by atoms with Gasteiger partial charge in [0.05, 0.1) is 22.6 Å². The zero-order valence-electron chi connectivity index (χ0n) is 17.0. The van der Waals surface area contributed by atoms with Crippen molar-refractivity contribution in [1.29, 1.82) is 0 Å². The van der Waals surface area contributed by atoms with Gasteiger partial charge in [0.25, 0.3) is 5.56 Å². The first-order chi connectivity index (χ1) is 15.2. The lowest BCUT2D eigenvalue weighted by molar-refractivity contribution is -0.118. The van der Waals surface area contributed by atoms with E-state index in [2.05, 4.69) is 20.3 Å². The number of rotatable bonds is 7. The molecule has 9 heteroatoms. The fourth-order valence-electron chi connectivity index (χ4n) is 4.01. The molecule has 0 radical (unpaired) electrons. The number of thioether (sulfide) groups is 1. The molecule has 7 nitrogen and oxygen atoms in total. The molecule has 0 atom stereocenters. The summed E-state index contributed by atoms with van der Waals surface area (Å²) in [5, 5.41) is 3.71. The van der Waals surface area contributed by atoms with E-state index in [0.717, 1.165) is 40.8 Å². The molecule has 0 bridgehead atoms. The number of carbonyl (C=O) groups excluding carboxylic acids is 1. The second-order valence-electron chi connectivity index (χ2n) is 7.69. The summed E-state index contributed by atoms with van der Waals surface area (Å²) in [4.78, 5) is 39.0. The van der Waals surface area contributed by atoms with Crippen LogP contribution in [0, 0.1) is 0 Å². The van der Waals surface area contributed by atoms with Gasteiger partial charge in [-0.05, 0) is 43.4 Å². The molecule has 0 saturated carbocycles. The fraction of sp³-hybridized carbons (Fsp3) is 0.364. The molecule has 5 rings (SSSR count). The predicted molar refractivity (Wildman–Crippen MR) is 125 cm³/mol. The summed E-state index contributed by atoms with van der Waals surface area (Å²) in [6, 6.07) is 5.88. The number of H-pyrrole nitrogens is 1. The number of imidazole rings is 1. The quantitative estimate of drug-likeness (QED) is 0.449. The average Bonchev–Trinajstić information content (AvgIpc) is 3.34. The average molecular weight is 454 g/mol. The van der Waals surface area contributed by atoms with Crippen molar-refractivity contribution in [1.82, 2.24) is 24.7 Å². The normalized spacial score (nSPS) is 13.5. The number of nitrogens with one attached hydrogen (secondary N) is 2. The van der Waals surface area contributed by atoms with Gasteiger partial charge in [-0.25, -0.2) is 9.97 Å². The Hall–Kier alpha value is -2.65. The molecule has 0 aromatic carbocycles. The third kappa shape index (κ3) is 4.38. The van der Waals surface area contributed by atoms with Crippen LogP contribution in [0.25, 0.3) is 15.9 Å². The van der Waals surface area contributed by atoms with Gasteiger partial charge >= 0.3 is 0 Å². The molecule has 0 aliphatic heterocycles. The topological polar surface area (TPSA) is 92.1 Å². The lowest BCUT2D eigenvalue weighted by atomic mass is 9.97. The van der Waals surface area contributed by atoms with E-state index in [1.807, 2.05) is 35.0 Å². The van der Waals surface area contributed by atoms with E-state index < -0.39 is 0 Å². The Morgan fingerprint density at radius 1 is 1.26 bits per heavy atom. The highest BCUT2D eigenvalue weighted by atomic mass is 32.2. The molecule has 0 spiro atoms. The van der Waals surface area contributed by atoms with E-state index in [0.29, 0.717) is 30.3 Å². The van der Waals surface area contributed by atoms with Crippen LogP contribution in [-0.2, 0) is 29.8 Å². The molecule has 0 fully saturated rings. The second-order valence-corrected chi connectivity index (χ2v) is 9.76. The minimum absolute atomic E-state index is 0.0243. The Bertz CT molecular complexity index is 1270. The number of carbonyl (C=O) groups is 1. The van der Waals surface area contributed by atoms with Gasteiger partial charge in [-0.1, -0.05) is 6.07 Å². The van der Waals surface area contributed by atoms with Crippen LogP contribution >= 0.6 is 23.1 Å². The van der Waals surface area contributed by atoms with Gasteiger partial charge in [-0.3, -0.25) is 9.59 Å². The zero-order valence-corrected chi connectivity index (χ0v) is 18.7. The highest BCUT2D eigenvalue weighted by molar-refractivity contribution is 7.99. The van der Waals surface area contributed by atoms with Gasteiger partial charge in [0.2, 0.25) is 5.91 Å². The molecule has 4 aromatic rings. The minimum Gasteiger partial charge on any atom is -0.355 e. The largest absolute Gasteiger partial charge is 0.355 e. The van der Waals surface area contributed by atoms with Gasteiger partial charge in [-0.2, -0.15) is 0 Å². The molecule has 160 valence electrons. The number of amides is 1. The third-order valence-corrected chi connectivity index (χ3v) is 7.59. The number of fused-ring (bicyclic) bond motifs is 4. The fourth-order valence-corrected chi connectivity index (χ4v) is 6.01. The number of hydrogen-bond acceptors (Lipinski definition) is 6. The third-order valence-electron chi connectivity index (χ3n) is 5.46. The Balaban J connectivity index is 1.12. The maximum absolute atomic E-state index is 12.6. The maximum Gasteiger partial charge on any atom is 0.259 e. The standard InChI is InChI=1S/C22H23N5O2S2/c28-19(23-9-8-14-11-27-10-4-3-7-18(27)24-14)13-30-12-17-25-21(29)20-15-5-1-2-6-16(15)31-22(20)26-17/h3-4,7,10-11H,1-2,5-6,8-9,12-13H2,(H,23,28)(H,25,26,29). The van der Waals surface area contributed by atoms with Crippen molar-refractivity contribution in [3.05, 3.63) is 62.9 Å². The summed E-state index contributed by atoms with van der Waals surface area (Å²) >= 11 is 3.11. The SMILES string of the molecule is O=C(CSCc1nc2sc3c(c2c(=O)[nH]1)CCCC3)NCCc1cn2ccccc2n1. The first-order valence-electron chi connectivity index (χ1n) is 10.5. The first-order valence-corrected chi connectivity index (χ1v) is 12.4. The van der Waals surface area contributed by atoms with Crippen LogP contribution in [-0.4, -0.2) is 37.6 Å². The zero-order chi connectivity index (χ0) is 21.2. The van der Waals surface area contributed by atoms with Crippen LogP contribution in [0.2, 0.25) is 0 Å². The monoisotopic (exact) mass is 453 g/mol. The van der Waals surface area contributed by atoms with Crippen LogP contribution in [0.5, 0.6) is 0 Å². The number of pyridine rings is 1. The molecule has 1 amide bonds. The second kappa shape index (κ2) is 8.84. The molecule has 1 aliphatic carbocycles. The first kappa shape index (κ1) is 20.3. The summed E-state index contributed by atoms with van der Waals surface area (Å²) in [5.74, 6) is 1.45. The summed E-state index contributed by atoms with van der Waals surface area (Å²) in [6.07, 6.45) is 8.98. The van der Waals surface area contributed by atoms with Gasteiger partial charge in [-0.15, -0.1) is 23.1 Å². The van der Waals surface area contributed by atoms with Crippen LogP contribution in [0.4, 0.5) is 0 Å². The lowest BCUT2D eigenvalue weighted by Gasteiger charge is -2.09. The predicted octanol–water partition coefficient (Wildman–Crippen LogP) is 3.10. The smallest absolute Gasteiger partial charge is 0.259 e. The van der Waals surface area contributed by atoms with E-state index in [1.165, 1.54) is 28.6 Å². The van der Waals surface area contributed by atoms with Crippen molar-refractivity contribution in [2.45, 2.75) is 37.9 Å². The van der Waals surface area contributed by atoms with Crippen LogP contribution in [0.3, 0.4) is 0 Å². The molecule has 1 aliphatic rings. The summed E-state index contributed by atoms with van der Waals surface area (Å²) in [5.41, 5.74) is 3.01. The summed E-state index contributed by atoms with van der Waals surface area (Å²) in [7, 11) is 0. The van der Waals surface area contributed by atoms with Crippen molar-refractivity contribution >= 4 is 44.9 Å². The van der Waals surface area contributed by atoms with Gasteiger partial charge in [0, 0.05) is 30.2 Å². The van der Waals surface area contributed by atoms with Crippen LogP contribution in [0.1, 0.15) is 34.8 Å². The molecule has 31 heavy (non-hydrogen) atoms. The number of aryl methyl sites for hydroxylation is 2. The number of aromatic amines is 1. The van der Waals surface area contributed by atoms with Gasteiger partial charge in [0.15, 0.2) is 0 Å². The molecular formula is C22H23N5O2S2. The molecule has 2 N–H and O–H groups in total. The van der Waals surface area contributed by atoms with Crippen molar-refractivity contribution < 1.29 is 4.79 Å². The Morgan fingerprint density at radius 3 is 3.06 bits per heavy atom. The minimum atomic E-state index is -0.0445. The van der Waals surface area contributed by atoms with Crippen molar-refractivity contribution in [2.75, 3.05) is 12.3 Å². The molecular weight excluding hydrogens is 430 g/mol. The highest BCUT2D eigenvalue weighted by Crippen LogP contribution is 2.33. The number of hydrogen-bond donors (Lipinski definition) is 2. The van der Waals surface area contributed by atoms with E-state index in [9.17, 15) is 9.59 Å². The summed E-state index contributed by atoms with van der Waals surface area (Å²) in [6.45, 7) is 0.547. The van der Waals surface area contributed by atoms with Crippen molar-refractivity contribution in [2.24, 2.45) is 0 Å². The van der Waals surface area contributed by atoms with Gasteiger partial charge in [0.1, 0.15) is 16.3 Å². The number of nitrogens with zero attached hydrogens (tertiary/aromatic N) is 3. The Labute approximate surface area is 187 Å². The van der Waals surface area contributed by atoms with Gasteiger partial charge < -0.3 is 14.7 Å². The Kier molecular flexibility index (Phi) is 5.78. The van der Waals surface area contributed by atoms with E-state index in [-0.39, 0.29) is 11.5 Å². The van der Waals surface area contributed by atoms with Crippen LogP contribution < -0.4 is 10.9 Å². The molecule has 4 aromatic heterocycles. The van der Waals surface area contributed by atoms with Crippen LogP contribution in [0.15, 0.2) is 35.4 Å². The van der Waals surface area contributed by atoms with Crippen molar-refractivity contribution in [3.63, 3.8) is 0 Å². The van der Waals surface area contributed by atoms with E-state index in [4.69, 9.17) is 0 Å². The lowest BCUT2D eigenvalue weighted by Crippen LogP contribution is -2.27. The molecule has 0 unspecified atom stereocenters. The number of aromatic nitrogens is 4. The number of thiophene rings is 1. The maximum atomic E-state index is 12.6. The summed E-state index contributed by atoms with van der Waals surface area (Å²) < 4.78 is 1.97. The Morgan fingerprint density at radius 2 is 2.16 bits per heavy atom. The molecule has 4 heterocycles. The van der Waals surface area contributed by atoms with Crippen molar-refractivity contribution in [3.8, 4) is 0 Å². The molecule has 0 saturated heterocycles. The van der Waals surface area contributed by atoms with E-state index >= 15 is 0 Å².